The third kappa shape index (κ3) is 9.84. The molecule has 1 unspecified atom stereocenters. The number of imidazole rings is 1. The molecule has 4 aliphatic rings. The molecule has 6 heterocycles. The average Bonchev–Trinajstić information content (AvgIpc) is 3.70. The molecular weight excluding hydrogens is 823 g/mol. The highest BCUT2D eigenvalue weighted by Crippen LogP contribution is 2.36. The van der Waals surface area contributed by atoms with Crippen molar-refractivity contribution < 1.29 is 27.5 Å². The van der Waals surface area contributed by atoms with Crippen LogP contribution in [-0.2, 0) is 23.0 Å². The highest BCUT2D eigenvalue weighted by atomic mass is 19.3. The minimum atomic E-state index is -2.86. The van der Waals surface area contributed by atoms with Crippen molar-refractivity contribution in [2.45, 2.75) is 95.6 Å². The first-order chi connectivity index (χ1) is 31.1. The van der Waals surface area contributed by atoms with E-state index in [4.69, 9.17) is 9.15 Å². The number of benzene rings is 1. The molecule has 0 radical (unpaired) electrons. The minimum Gasteiger partial charge on any atom is -0.444 e. The van der Waals surface area contributed by atoms with E-state index in [0.717, 1.165) is 101 Å². The average molecular weight is 881 g/mol. The molecule has 5 aromatic rings. The van der Waals surface area contributed by atoms with Gasteiger partial charge in [-0.1, -0.05) is 18.7 Å². The zero-order valence-electron chi connectivity index (χ0n) is 36.4. The highest BCUT2D eigenvalue weighted by molar-refractivity contribution is 6.03. The Hall–Kier alpha value is -5.68. The molecule has 64 heavy (non-hydrogen) atoms. The highest BCUT2D eigenvalue weighted by Gasteiger charge is 2.32. The number of amides is 2. The van der Waals surface area contributed by atoms with Crippen LogP contribution in [0.15, 0.2) is 70.5 Å². The van der Waals surface area contributed by atoms with E-state index < -0.39 is 24.1 Å². The van der Waals surface area contributed by atoms with E-state index >= 15 is 0 Å². The van der Waals surface area contributed by atoms with Gasteiger partial charge >= 0.3 is 5.69 Å². The molecule has 0 bridgehead atoms. The lowest BCUT2D eigenvalue weighted by Crippen LogP contribution is -2.40. The number of alkyl halides is 2. The third-order valence-electron chi connectivity index (χ3n) is 13.6. The molecule has 2 aliphatic heterocycles. The van der Waals surface area contributed by atoms with Gasteiger partial charge in [-0.3, -0.25) is 23.4 Å². The summed E-state index contributed by atoms with van der Waals surface area (Å²) in [4.78, 5) is 50.5. The number of aromatic nitrogens is 6. The van der Waals surface area contributed by atoms with Gasteiger partial charge in [0.05, 0.1) is 22.8 Å². The van der Waals surface area contributed by atoms with Crippen molar-refractivity contribution in [3.8, 4) is 11.5 Å². The fraction of sp³-hybridized carbons (Fsp3) is 0.532. The summed E-state index contributed by atoms with van der Waals surface area (Å²) in [5, 5.41) is 13.0. The second-order valence-corrected chi connectivity index (χ2v) is 18.2. The fourth-order valence-electron chi connectivity index (χ4n) is 9.72. The second kappa shape index (κ2) is 19.2. The lowest BCUT2D eigenvalue weighted by atomic mass is 9.85. The number of oxazole rings is 1. The molecule has 17 heteroatoms. The number of fused-ring (bicyclic) bond motifs is 1. The predicted molar refractivity (Wildman–Crippen MR) is 238 cm³/mol. The predicted octanol–water partition coefficient (Wildman–Crippen LogP) is 7.66. The van der Waals surface area contributed by atoms with Crippen LogP contribution < -0.4 is 21.6 Å². The van der Waals surface area contributed by atoms with E-state index in [1.807, 2.05) is 18.2 Å². The first-order valence-corrected chi connectivity index (χ1v) is 22.9. The Morgan fingerprint density at radius 3 is 2.59 bits per heavy atom. The Morgan fingerprint density at radius 1 is 1.03 bits per heavy atom. The lowest BCUT2D eigenvalue weighted by molar-refractivity contribution is -0.124. The van der Waals surface area contributed by atoms with Gasteiger partial charge in [0.2, 0.25) is 11.8 Å². The van der Waals surface area contributed by atoms with Crippen molar-refractivity contribution in [1.29, 1.82) is 0 Å². The molecule has 1 aromatic carbocycles. The van der Waals surface area contributed by atoms with Gasteiger partial charge in [-0.2, -0.15) is 5.10 Å². The van der Waals surface area contributed by atoms with Gasteiger partial charge in [0.1, 0.15) is 18.1 Å². The maximum absolute atomic E-state index is 14.2. The molecule has 4 aromatic heterocycles. The number of ether oxygens (including phenoxy) is 1. The number of pyridine rings is 1. The number of allylic oxidation sites excluding steroid dienone is 1. The van der Waals surface area contributed by atoms with Gasteiger partial charge < -0.3 is 30.0 Å². The van der Waals surface area contributed by atoms with E-state index in [0.29, 0.717) is 54.3 Å². The van der Waals surface area contributed by atoms with E-state index in [-0.39, 0.29) is 34.9 Å². The zero-order valence-corrected chi connectivity index (χ0v) is 36.4. The molecule has 2 saturated carbocycles. The Balaban J connectivity index is 0.697. The summed E-state index contributed by atoms with van der Waals surface area (Å²) in [5.41, 5.74) is 3.38. The Bertz CT molecular complexity index is 2520. The van der Waals surface area contributed by atoms with E-state index in [1.54, 1.807) is 33.1 Å². The monoisotopic (exact) mass is 880 g/mol. The van der Waals surface area contributed by atoms with Crippen molar-refractivity contribution in [3.63, 3.8) is 0 Å². The molecule has 340 valence electrons. The van der Waals surface area contributed by atoms with Gasteiger partial charge in [-0.05, 0) is 132 Å². The van der Waals surface area contributed by atoms with Crippen LogP contribution in [0.3, 0.4) is 0 Å². The van der Waals surface area contributed by atoms with Crippen LogP contribution in [-0.4, -0.2) is 85.0 Å². The zero-order chi connectivity index (χ0) is 44.3. The van der Waals surface area contributed by atoms with Crippen LogP contribution >= 0.6 is 0 Å². The smallest absolute Gasteiger partial charge is 0.329 e. The van der Waals surface area contributed by atoms with Crippen molar-refractivity contribution in [1.82, 2.24) is 39.1 Å². The number of anilines is 2. The molecule has 2 aliphatic carbocycles. The Kier molecular flexibility index (Phi) is 13.1. The van der Waals surface area contributed by atoms with Crippen LogP contribution in [0.4, 0.5) is 20.3 Å². The number of halogens is 2. The standard InChI is InChI=1S/C47H58F2N10O5/c1-29-8-15-39(45(61)52-29)59-38-7-3-5-33(42(38)56(2)47(59)62)6-4-22-63-27-32-17-20-57(21-18-32)25-31-11-13-35(14-12-31)58-26-36(41(55-58)43(48)49)53-44(60)37-28-64-46(54-37)34-16-19-50-40(23-34)51-24-30-9-10-30/h3,5,7,16,19,23,26,28,30-32,35,39,43H,1,4,6,8-15,17-18,20-22,24-25,27H2,2H3,(H,50,51)(H,52,61)(H,53,60). The maximum Gasteiger partial charge on any atom is 0.329 e. The molecule has 3 N–H and O–H groups in total. The molecule has 15 nitrogen and oxygen atoms in total. The van der Waals surface area contributed by atoms with Crippen molar-refractivity contribution >= 4 is 34.4 Å². The normalized spacial score (nSPS) is 21.2. The number of likely N-dealkylation sites (tertiary alicyclic amines) is 1. The van der Waals surface area contributed by atoms with E-state index in [9.17, 15) is 23.2 Å². The number of hydrogen-bond acceptors (Lipinski definition) is 10. The number of hydrogen-bond donors (Lipinski definition) is 3. The van der Waals surface area contributed by atoms with Crippen LogP contribution in [0.2, 0.25) is 0 Å². The topological polar surface area (TPSA) is 166 Å². The summed E-state index contributed by atoms with van der Waals surface area (Å²) in [6.45, 7) is 9.18. The summed E-state index contributed by atoms with van der Waals surface area (Å²) in [6.07, 6.45) is 12.6. The number of para-hydroxylation sites is 1. The van der Waals surface area contributed by atoms with Gasteiger partial charge in [0.15, 0.2) is 11.4 Å². The van der Waals surface area contributed by atoms with Crippen LogP contribution in [0.1, 0.15) is 111 Å². The first-order valence-electron chi connectivity index (χ1n) is 22.9. The summed E-state index contributed by atoms with van der Waals surface area (Å²) in [6, 6.07) is 8.91. The van der Waals surface area contributed by atoms with Gasteiger partial charge in [0, 0.05) is 57.0 Å². The Morgan fingerprint density at radius 2 is 1.83 bits per heavy atom. The second-order valence-electron chi connectivity index (χ2n) is 18.2. The summed E-state index contributed by atoms with van der Waals surface area (Å²) >= 11 is 0. The molecule has 1 atom stereocenters. The van der Waals surface area contributed by atoms with E-state index in [2.05, 4.69) is 48.6 Å². The lowest BCUT2D eigenvalue weighted by Gasteiger charge is -2.36. The minimum absolute atomic E-state index is 0.0197. The van der Waals surface area contributed by atoms with Gasteiger partial charge in [0.25, 0.3) is 12.3 Å². The Labute approximate surface area is 370 Å². The summed E-state index contributed by atoms with van der Waals surface area (Å²) in [7, 11) is 1.77. The molecule has 0 spiro atoms. The number of nitrogens with one attached hydrogen (secondary N) is 3. The molecule has 2 saturated heterocycles. The van der Waals surface area contributed by atoms with Crippen molar-refractivity contribution in [2.24, 2.45) is 24.8 Å². The number of rotatable bonds is 17. The van der Waals surface area contributed by atoms with Crippen LogP contribution in [0, 0.1) is 17.8 Å². The summed E-state index contributed by atoms with van der Waals surface area (Å²) in [5.74, 6) is 1.81. The first kappa shape index (κ1) is 43.6. The number of aryl methyl sites for hydroxylation is 2. The largest absolute Gasteiger partial charge is 0.444 e. The molecule has 4 fully saturated rings. The quantitative estimate of drug-likeness (QED) is 0.0790. The van der Waals surface area contributed by atoms with Crippen LogP contribution in [0.25, 0.3) is 22.5 Å². The van der Waals surface area contributed by atoms with Gasteiger partial charge in [-0.25, -0.2) is 23.5 Å². The van der Waals surface area contributed by atoms with Crippen LogP contribution in [0.5, 0.6) is 0 Å². The van der Waals surface area contributed by atoms with E-state index in [1.165, 1.54) is 25.3 Å². The molecule has 2 amide bonds. The number of carbonyl (C=O) groups is 2. The third-order valence-corrected chi connectivity index (χ3v) is 13.6. The SMILES string of the molecule is C=C1CCC(n2c(=O)n(C)c3c(CCCOCC4CCN(CC5CCC(n6cc(NC(=O)c7coc(-c8ccnc(NCC9CC9)c8)n7)c(C(F)F)n6)CC5)CC4)cccc32)C(=O)N1. The fourth-order valence-corrected chi connectivity index (χ4v) is 9.72. The summed E-state index contributed by atoms with van der Waals surface area (Å²) < 4.78 is 45.1. The van der Waals surface area contributed by atoms with Crippen molar-refractivity contribution in [2.75, 3.05) is 50.0 Å². The van der Waals surface area contributed by atoms with Crippen molar-refractivity contribution in [3.05, 3.63) is 88.7 Å². The molecular formula is C47H58F2N10O5. The van der Waals surface area contributed by atoms with Gasteiger partial charge in [-0.15, -0.1) is 0 Å². The maximum atomic E-state index is 14.2. The number of nitrogens with zero attached hydrogens (tertiary/aromatic N) is 7. The number of piperidine rings is 2. The number of carbonyl (C=O) groups excluding carboxylic acids is 2. The molecule has 9 rings (SSSR count).